The highest BCUT2D eigenvalue weighted by atomic mass is 32.1. The smallest absolute Gasteiger partial charge is 0.221 e. The number of anilines is 1. The summed E-state index contributed by atoms with van der Waals surface area (Å²) in [6.07, 6.45) is 3.03. The molecule has 0 saturated heterocycles. The van der Waals surface area contributed by atoms with Crippen LogP contribution in [0.4, 0.5) is 5.82 Å². The average Bonchev–Trinajstić information content (AvgIpc) is 2.84. The van der Waals surface area contributed by atoms with Gasteiger partial charge >= 0.3 is 0 Å². The number of hydrogen-bond donors (Lipinski definition) is 2. The monoisotopic (exact) mass is 279 g/mol. The molecule has 0 fully saturated rings. The highest BCUT2D eigenvalue weighted by molar-refractivity contribution is 7.09. The second-order valence-electron chi connectivity index (χ2n) is 3.96. The normalized spacial score (nSPS) is 10.5. The third-order valence-electron chi connectivity index (χ3n) is 2.81. The van der Waals surface area contributed by atoms with Crippen LogP contribution in [0.3, 0.4) is 0 Å². The Morgan fingerprint density at radius 2 is 2.21 bits per heavy atom. The molecule has 0 saturated carbocycles. The second-order valence-corrected chi connectivity index (χ2v) is 4.90. The van der Waals surface area contributed by atoms with Crippen LogP contribution in [0, 0.1) is 6.92 Å². The van der Waals surface area contributed by atoms with E-state index in [1.54, 1.807) is 11.3 Å². The minimum atomic E-state index is 0.567. The Bertz CT molecular complexity index is 543. The molecule has 2 aromatic rings. The Morgan fingerprint density at radius 3 is 2.84 bits per heavy atom. The van der Waals surface area contributed by atoms with Crippen LogP contribution in [-0.4, -0.2) is 21.6 Å². The van der Waals surface area contributed by atoms with Gasteiger partial charge in [-0.1, -0.05) is 6.92 Å². The lowest BCUT2D eigenvalue weighted by molar-refractivity contribution is 0.306. The maximum atomic E-state index is 5.73. The van der Waals surface area contributed by atoms with Gasteiger partial charge in [0.25, 0.3) is 0 Å². The third kappa shape index (κ3) is 3.18. The van der Waals surface area contributed by atoms with Crippen molar-refractivity contribution < 1.29 is 4.74 Å². The Balaban J connectivity index is 2.01. The maximum absolute atomic E-state index is 5.73. The SMILES string of the molecule is CCc1c(NN)ncnc1OCCc1scnc1C. The van der Waals surface area contributed by atoms with Crippen LogP contribution in [0.15, 0.2) is 11.8 Å². The third-order valence-corrected chi connectivity index (χ3v) is 3.80. The summed E-state index contributed by atoms with van der Waals surface area (Å²) in [7, 11) is 0. The van der Waals surface area contributed by atoms with Crippen molar-refractivity contribution in [2.45, 2.75) is 26.7 Å². The molecule has 2 heterocycles. The molecule has 0 aromatic carbocycles. The van der Waals surface area contributed by atoms with Gasteiger partial charge in [0, 0.05) is 11.3 Å². The van der Waals surface area contributed by atoms with Crippen molar-refractivity contribution in [1.29, 1.82) is 0 Å². The van der Waals surface area contributed by atoms with Gasteiger partial charge in [0.2, 0.25) is 5.88 Å². The Kier molecular flexibility index (Phi) is 4.64. The quantitative estimate of drug-likeness (QED) is 0.618. The van der Waals surface area contributed by atoms with Crippen LogP contribution in [0.25, 0.3) is 0 Å². The number of nitrogens with two attached hydrogens (primary N) is 1. The molecule has 2 aromatic heterocycles. The zero-order valence-corrected chi connectivity index (χ0v) is 11.8. The van der Waals surface area contributed by atoms with Crippen LogP contribution < -0.4 is 16.0 Å². The molecule has 0 aliphatic heterocycles. The van der Waals surface area contributed by atoms with Crippen LogP contribution in [0.1, 0.15) is 23.1 Å². The van der Waals surface area contributed by atoms with Gasteiger partial charge < -0.3 is 10.2 Å². The Morgan fingerprint density at radius 1 is 1.37 bits per heavy atom. The minimum absolute atomic E-state index is 0.567. The molecule has 0 atom stereocenters. The average molecular weight is 279 g/mol. The van der Waals surface area contributed by atoms with Gasteiger partial charge in [0.1, 0.15) is 12.1 Å². The molecule has 0 radical (unpaired) electrons. The summed E-state index contributed by atoms with van der Waals surface area (Å²) < 4.78 is 5.73. The Labute approximate surface area is 116 Å². The van der Waals surface area contributed by atoms with Gasteiger partial charge in [0.05, 0.1) is 23.4 Å². The van der Waals surface area contributed by atoms with Crippen molar-refractivity contribution in [2.75, 3.05) is 12.0 Å². The van der Waals surface area contributed by atoms with Crippen molar-refractivity contribution in [3.8, 4) is 5.88 Å². The highest BCUT2D eigenvalue weighted by Crippen LogP contribution is 2.22. The molecule has 0 bridgehead atoms. The van der Waals surface area contributed by atoms with Gasteiger partial charge in [-0.05, 0) is 13.3 Å². The lowest BCUT2D eigenvalue weighted by Gasteiger charge is -2.11. The van der Waals surface area contributed by atoms with Gasteiger partial charge in [-0.25, -0.2) is 20.8 Å². The number of thiazole rings is 1. The fraction of sp³-hybridized carbons (Fsp3) is 0.417. The van der Waals surface area contributed by atoms with E-state index in [0.717, 1.165) is 24.1 Å². The summed E-state index contributed by atoms with van der Waals surface area (Å²) in [6, 6.07) is 0. The first-order valence-corrected chi connectivity index (χ1v) is 6.96. The molecule has 102 valence electrons. The summed E-state index contributed by atoms with van der Waals surface area (Å²) in [5, 5.41) is 0. The zero-order chi connectivity index (χ0) is 13.7. The molecular weight excluding hydrogens is 262 g/mol. The number of aryl methyl sites for hydroxylation is 1. The van der Waals surface area contributed by atoms with E-state index in [1.165, 1.54) is 11.2 Å². The predicted molar refractivity (Wildman–Crippen MR) is 75.3 cm³/mol. The maximum Gasteiger partial charge on any atom is 0.221 e. The van der Waals surface area contributed by atoms with E-state index < -0.39 is 0 Å². The number of ether oxygens (including phenoxy) is 1. The number of aromatic nitrogens is 3. The zero-order valence-electron chi connectivity index (χ0n) is 11.0. The lowest BCUT2D eigenvalue weighted by Crippen LogP contribution is -2.13. The number of nitrogens with one attached hydrogen (secondary N) is 1. The molecule has 6 nitrogen and oxygen atoms in total. The summed E-state index contributed by atoms with van der Waals surface area (Å²) in [6.45, 7) is 4.58. The first-order chi connectivity index (χ1) is 9.26. The van der Waals surface area contributed by atoms with Gasteiger partial charge in [0.15, 0.2) is 0 Å². The van der Waals surface area contributed by atoms with Crippen molar-refractivity contribution in [3.05, 3.63) is 28.0 Å². The van der Waals surface area contributed by atoms with E-state index in [9.17, 15) is 0 Å². The van der Waals surface area contributed by atoms with E-state index in [1.807, 2.05) is 19.4 Å². The van der Waals surface area contributed by atoms with Gasteiger partial charge in [-0.2, -0.15) is 0 Å². The fourth-order valence-corrected chi connectivity index (χ4v) is 2.53. The summed E-state index contributed by atoms with van der Waals surface area (Å²) in [4.78, 5) is 13.7. The van der Waals surface area contributed by atoms with E-state index in [2.05, 4.69) is 20.4 Å². The molecule has 2 rings (SSSR count). The molecule has 19 heavy (non-hydrogen) atoms. The van der Waals surface area contributed by atoms with Gasteiger partial charge in [-0.3, -0.25) is 0 Å². The number of hydrazine groups is 1. The number of rotatable bonds is 6. The van der Waals surface area contributed by atoms with Crippen molar-refractivity contribution >= 4 is 17.2 Å². The van der Waals surface area contributed by atoms with E-state index >= 15 is 0 Å². The van der Waals surface area contributed by atoms with Crippen molar-refractivity contribution in [2.24, 2.45) is 5.84 Å². The molecule has 0 amide bonds. The van der Waals surface area contributed by atoms with Crippen LogP contribution in [-0.2, 0) is 12.8 Å². The molecule has 0 unspecified atom stereocenters. The van der Waals surface area contributed by atoms with Gasteiger partial charge in [-0.15, -0.1) is 11.3 Å². The summed E-state index contributed by atoms with van der Waals surface area (Å²) in [5.74, 6) is 6.62. The van der Waals surface area contributed by atoms with E-state index in [0.29, 0.717) is 18.3 Å². The largest absolute Gasteiger partial charge is 0.477 e. The molecule has 0 aliphatic carbocycles. The first kappa shape index (κ1) is 13.7. The van der Waals surface area contributed by atoms with Crippen molar-refractivity contribution in [1.82, 2.24) is 15.0 Å². The first-order valence-electron chi connectivity index (χ1n) is 6.08. The topological polar surface area (TPSA) is 86.0 Å². The van der Waals surface area contributed by atoms with Crippen LogP contribution in [0.2, 0.25) is 0 Å². The molecule has 3 N–H and O–H groups in total. The summed E-state index contributed by atoms with van der Waals surface area (Å²) >= 11 is 1.65. The second kappa shape index (κ2) is 6.44. The fourth-order valence-electron chi connectivity index (χ4n) is 1.77. The number of nitrogen functional groups attached to an aromatic ring is 1. The Hall–Kier alpha value is -1.73. The predicted octanol–water partition coefficient (Wildman–Crippen LogP) is 1.71. The van der Waals surface area contributed by atoms with Crippen LogP contribution in [0.5, 0.6) is 5.88 Å². The van der Waals surface area contributed by atoms with Crippen LogP contribution >= 0.6 is 11.3 Å². The van der Waals surface area contributed by atoms with E-state index in [4.69, 9.17) is 10.6 Å². The minimum Gasteiger partial charge on any atom is -0.477 e. The standard InChI is InChI=1S/C12H17N5OS/c1-3-9-11(17-13)14-6-15-12(9)18-5-4-10-8(2)16-7-19-10/h6-7H,3-5,13H2,1-2H3,(H,14,15,17). The number of nitrogens with zero attached hydrogens (tertiary/aromatic N) is 3. The molecular formula is C12H17N5OS. The van der Waals surface area contributed by atoms with Crippen molar-refractivity contribution in [3.63, 3.8) is 0 Å². The lowest BCUT2D eigenvalue weighted by atomic mass is 10.2. The highest BCUT2D eigenvalue weighted by Gasteiger charge is 2.10. The molecule has 0 spiro atoms. The number of hydrogen-bond acceptors (Lipinski definition) is 7. The molecule has 0 aliphatic rings. The summed E-state index contributed by atoms with van der Waals surface area (Å²) in [5.41, 5.74) is 6.37. The molecule has 7 heteroatoms. The van der Waals surface area contributed by atoms with E-state index in [-0.39, 0.29) is 0 Å².